The van der Waals surface area contributed by atoms with Gasteiger partial charge < -0.3 is 5.11 Å². The minimum atomic E-state index is -0.0997. The molecule has 0 saturated carbocycles. The third kappa shape index (κ3) is 4.66. The van der Waals surface area contributed by atoms with Gasteiger partial charge >= 0.3 is 0 Å². The monoisotopic (exact) mass is 186 g/mol. The van der Waals surface area contributed by atoms with Gasteiger partial charge in [-0.2, -0.15) is 0 Å². The molecule has 1 N–H and O–H groups in total. The topological polar surface area (TPSA) is 20.2 Å². The second-order valence-electron chi connectivity index (χ2n) is 4.65. The molecule has 3 unspecified atom stereocenters. The van der Waals surface area contributed by atoms with Crippen molar-refractivity contribution in [1.82, 2.24) is 0 Å². The Bertz CT molecular complexity index is 110. The standard InChI is InChI=1S/C12H26O/c1-6-10(5)11(8-9(3)4)12(13)7-2/h9-13H,6-8H2,1-5H3. The highest BCUT2D eigenvalue weighted by Crippen LogP contribution is 2.27. The van der Waals surface area contributed by atoms with Crippen LogP contribution in [-0.2, 0) is 0 Å². The molecule has 1 heteroatoms. The van der Waals surface area contributed by atoms with Crippen LogP contribution in [0.3, 0.4) is 0 Å². The highest BCUT2D eigenvalue weighted by molar-refractivity contribution is 4.73. The Labute approximate surface area is 83.5 Å². The van der Waals surface area contributed by atoms with Gasteiger partial charge in [0.15, 0.2) is 0 Å². The minimum Gasteiger partial charge on any atom is -0.393 e. The van der Waals surface area contributed by atoms with Gasteiger partial charge in [-0.15, -0.1) is 0 Å². The maximum absolute atomic E-state index is 9.87. The highest BCUT2D eigenvalue weighted by atomic mass is 16.3. The van der Waals surface area contributed by atoms with Gasteiger partial charge in [0.1, 0.15) is 0 Å². The van der Waals surface area contributed by atoms with Gasteiger partial charge in [0.05, 0.1) is 6.10 Å². The molecule has 0 aliphatic heterocycles. The normalized spacial score (nSPS) is 18.7. The van der Waals surface area contributed by atoms with E-state index in [9.17, 15) is 5.11 Å². The molecule has 0 fully saturated rings. The van der Waals surface area contributed by atoms with Crippen LogP contribution in [-0.4, -0.2) is 11.2 Å². The van der Waals surface area contributed by atoms with Crippen LogP contribution in [0.2, 0.25) is 0 Å². The lowest BCUT2D eigenvalue weighted by Crippen LogP contribution is -2.27. The third-order valence-electron chi connectivity index (χ3n) is 3.03. The molecule has 0 aliphatic rings. The minimum absolute atomic E-state index is 0.0997. The SMILES string of the molecule is CCC(C)C(CC(C)C)C(O)CC. The molecule has 0 aromatic heterocycles. The smallest absolute Gasteiger partial charge is 0.0568 e. The first-order chi connectivity index (χ1) is 6.02. The van der Waals surface area contributed by atoms with Crippen LogP contribution >= 0.6 is 0 Å². The summed E-state index contributed by atoms with van der Waals surface area (Å²) in [5, 5.41) is 9.87. The van der Waals surface area contributed by atoms with Crippen LogP contribution in [0.1, 0.15) is 53.9 Å². The summed E-state index contributed by atoms with van der Waals surface area (Å²) < 4.78 is 0. The number of rotatable bonds is 6. The summed E-state index contributed by atoms with van der Waals surface area (Å²) in [7, 11) is 0. The van der Waals surface area contributed by atoms with E-state index >= 15 is 0 Å². The van der Waals surface area contributed by atoms with E-state index < -0.39 is 0 Å². The Morgan fingerprint density at radius 3 is 1.85 bits per heavy atom. The Kier molecular flexibility index (Phi) is 6.40. The van der Waals surface area contributed by atoms with Crippen LogP contribution in [0.25, 0.3) is 0 Å². The van der Waals surface area contributed by atoms with Gasteiger partial charge in [-0.1, -0.05) is 41.0 Å². The number of aliphatic hydroxyl groups excluding tert-OH is 1. The van der Waals surface area contributed by atoms with Crippen molar-refractivity contribution in [3.05, 3.63) is 0 Å². The van der Waals surface area contributed by atoms with Gasteiger partial charge in [0, 0.05) is 0 Å². The van der Waals surface area contributed by atoms with E-state index in [0.29, 0.717) is 17.8 Å². The lowest BCUT2D eigenvalue weighted by atomic mass is 9.80. The second kappa shape index (κ2) is 6.42. The zero-order chi connectivity index (χ0) is 10.4. The highest BCUT2D eigenvalue weighted by Gasteiger charge is 2.23. The zero-order valence-electron chi connectivity index (χ0n) is 9.88. The maximum atomic E-state index is 9.87. The summed E-state index contributed by atoms with van der Waals surface area (Å²) in [5.41, 5.74) is 0. The fraction of sp³-hybridized carbons (Fsp3) is 1.00. The molecule has 0 saturated heterocycles. The average Bonchev–Trinajstić information content (AvgIpc) is 2.11. The molecule has 3 atom stereocenters. The largest absolute Gasteiger partial charge is 0.393 e. The van der Waals surface area contributed by atoms with Gasteiger partial charge in [0.25, 0.3) is 0 Å². The Balaban J connectivity index is 4.17. The summed E-state index contributed by atoms with van der Waals surface area (Å²) in [6, 6.07) is 0. The van der Waals surface area contributed by atoms with Crippen LogP contribution in [0.4, 0.5) is 0 Å². The van der Waals surface area contributed by atoms with E-state index in [1.165, 1.54) is 6.42 Å². The first-order valence-electron chi connectivity index (χ1n) is 5.70. The van der Waals surface area contributed by atoms with E-state index in [4.69, 9.17) is 0 Å². The molecule has 0 aliphatic carbocycles. The fourth-order valence-electron chi connectivity index (χ4n) is 1.92. The van der Waals surface area contributed by atoms with Crippen molar-refractivity contribution in [2.45, 2.75) is 60.0 Å². The second-order valence-corrected chi connectivity index (χ2v) is 4.65. The van der Waals surface area contributed by atoms with E-state index in [0.717, 1.165) is 12.8 Å². The van der Waals surface area contributed by atoms with Crippen molar-refractivity contribution in [3.8, 4) is 0 Å². The molecule has 0 bridgehead atoms. The summed E-state index contributed by atoms with van der Waals surface area (Å²) in [6.07, 6.45) is 3.12. The van der Waals surface area contributed by atoms with Crippen molar-refractivity contribution in [1.29, 1.82) is 0 Å². The van der Waals surface area contributed by atoms with Crippen LogP contribution < -0.4 is 0 Å². The zero-order valence-corrected chi connectivity index (χ0v) is 9.88. The molecular formula is C12H26O. The average molecular weight is 186 g/mol. The molecule has 0 aromatic carbocycles. The van der Waals surface area contributed by atoms with Gasteiger partial charge in [-0.05, 0) is 30.6 Å². The van der Waals surface area contributed by atoms with E-state index in [-0.39, 0.29) is 6.10 Å². The fourth-order valence-corrected chi connectivity index (χ4v) is 1.92. The summed E-state index contributed by atoms with van der Waals surface area (Å²) >= 11 is 0. The molecule has 0 amide bonds. The number of aliphatic hydroxyl groups is 1. The van der Waals surface area contributed by atoms with Crippen molar-refractivity contribution >= 4 is 0 Å². The quantitative estimate of drug-likeness (QED) is 0.673. The molecule has 13 heavy (non-hydrogen) atoms. The van der Waals surface area contributed by atoms with Crippen molar-refractivity contribution in [2.24, 2.45) is 17.8 Å². The summed E-state index contributed by atoms with van der Waals surface area (Å²) in [4.78, 5) is 0. The first-order valence-corrected chi connectivity index (χ1v) is 5.70. The Morgan fingerprint density at radius 2 is 1.54 bits per heavy atom. The van der Waals surface area contributed by atoms with Gasteiger partial charge in [-0.3, -0.25) is 0 Å². The third-order valence-corrected chi connectivity index (χ3v) is 3.03. The van der Waals surface area contributed by atoms with Crippen LogP contribution in [0.15, 0.2) is 0 Å². The Hall–Kier alpha value is -0.0400. The number of hydrogen-bond acceptors (Lipinski definition) is 1. The molecule has 0 radical (unpaired) electrons. The first kappa shape index (κ1) is 13.0. The van der Waals surface area contributed by atoms with E-state index in [1.54, 1.807) is 0 Å². The molecular weight excluding hydrogens is 160 g/mol. The van der Waals surface area contributed by atoms with Crippen molar-refractivity contribution < 1.29 is 5.11 Å². The van der Waals surface area contributed by atoms with Crippen molar-refractivity contribution in [3.63, 3.8) is 0 Å². The van der Waals surface area contributed by atoms with Crippen molar-refractivity contribution in [2.75, 3.05) is 0 Å². The molecule has 1 nitrogen and oxygen atoms in total. The molecule has 0 heterocycles. The van der Waals surface area contributed by atoms with Crippen LogP contribution in [0, 0.1) is 17.8 Å². The molecule has 0 spiro atoms. The van der Waals surface area contributed by atoms with Crippen LogP contribution in [0.5, 0.6) is 0 Å². The summed E-state index contributed by atoms with van der Waals surface area (Å²) in [5.74, 6) is 1.84. The predicted octanol–water partition coefficient (Wildman–Crippen LogP) is 3.47. The molecule has 0 rings (SSSR count). The molecule has 0 aromatic rings. The Morgan fingerprint density at radius 1 is 1.00 bits per heavy atom. The lowest BCUT2D eigenvalue weighted by molar-refractivity contribution is 0.0591. The summed E-state index contributed by atoms with van der Waals surface area (Å²) in [6.45, 7) is 11.0. The van der Waals surface area contributed by atoms with Gasteiger partial charge in [-0.25, -0.2) is 0 Å². The van der Waals surface area contributed by atoms with E-state index in [1.807, 2.05) is 0 Å². The maximum Gasteiger partial charge on any atom is 0.0568 e. The number of hydrogen-bond donors (Lipinski definition) is 1. The van der Waals surface area contributed by atoms with Gasteiger partial charge in [0.2, 0.25) is 0 Å². The molecule has 80 valence electrons. The predicted molar refractivity (Wildman–Crippen MR) is 58.7 cm³/mol. The lowest BCUT2D eigenvalue weighted by Gasteiger charge is -2.28. The van der Waals surface area contributed by atoms with E-state index in [2.05, 4.69) is 34.6 Å².